The summed E-state index contributed by atoms with van der Waals surface area (Å²) in [5, 5.41) is 13.8. The van der Waals surface area contributed by atoms with Crippen LogP contribution in [0.1, 0.15) is 5.56 Å². The van der Waals surface area contributed by atoms with Crippen LogP contribution in [0, 0.1) is 10.1 Å². The Kier molecular flexibility index (Phi) is 3.51. The van der Waals surface area contributed by atoms with Gasteiger partial charge in [-0.2, -0.15) is 0 Å². The molecule has 0 aliphatic carbocycles. The van der Waals surface area contributed by atoms with Gasteiger partial charge in [-0.1, -0.05) is 17.7 Å². The molecule has 0 spiro atoms. The maximum atomic E-state index is 11.2. The molecule has 8 nitrogen and oxygen atoms in total. The molecule has 0 unspecified atom stereocenters. The van der Waals surface area contributed by atoms with E-state index in [1.807, 2.05) is 12.1 Å². The third kappa shape index (κ3) is 2.77. The molecule has 22 heavy (non-hydrogen) atoms. The molecule has 0 fully saturated rings. The Hall–Kier alpha value is -2.87. The van der Waals surface area contributed by atoms with Gasteiger partial charge in [0.1, 0.15) is 12.0 Å². The second-order valence-corrected chi connectivity index (χ2v) is 5.00. The van der Waals surface area contributed by atoms with Crippen LogP contribution in [0.15, 0.2) is 35.3 Å². The highest BCUT2D eigenvalue weighted by atomic mass is 35.5. The second-order valence-electron chi connectivity index (χ2n) is 4.59. The zero-order valence-corrected chi connectivity index (χ0v) is 11.8. The van der Waals surface area contributed by atoms with Crippen molar-refractivity contribution in [3.05, 3.63) is 61.6 Å². The molecule has 3 rings (SSSR count). The molecular formula is C13H10ClN5O3. The van der Waals surface area contributed by atoms with Crippen molar-refractivity contribution in [3.63, 3.8) is 0 Å². The number of H-pyrrole nitrogens is 2. The Bertz CT molecular complexity index is 917. The van der Waals surface area contributed by atoms with Gasteiger partial charge in [0.05, 0.1) is 21.0 Å². The fraction of sp³-hybridized carbons (Fsp3) is 0.0769. The molecule has 3 N–H and O–H groups in total. The van der Waals surface area contributed by atoms with Gasteiger partial charge in [-0.3, -0.25) is 10.1 Å². The monoisotopic (exact) mass is 319 g/mol. The predicted molar refractivity (Wildman–Crippen MR) is 82.1 cm³/mol. The smallest absolute Gasteiger partial charge is 0.323 e. The van der Waals surface area contributed by atoms with E-state index in [1.165, 1.54) is 6.07 Å². The number of imidazole rings is 1. The topological polar surface area (TPSA) is 117 Å². The summed E-state index contributed by atoms with van der Waals surface area (Å²) in [5.41, 5.74) is 1.90. The Morgan fingerprint density at radius 1 is 1.27 bits per heavy atom. The lowest BCUT2D eigenvalue weighted by atomic mass is 10.2. The van der Waals surface area contributed by atoms with Crippen LogP contribution in [0.3, 0.4) is 0 Å². The fourth-order valence-electron chi connectivity index (χ4n) is 2.03. The van der Waals surface area contributed by atoms with Crippen molar-refractivity contribution in [2.45, 2.75) is 6.54 Å². The summed E-state index contributed by atoms with van der Waals surface area (Å²) in [5.74, 6) is 0.356. The largest absolute Gasteiger partial charge is 0.365 e. The summed E-state index contributed by atoms with van der Waals surface area (Å²) >= 11 is 5.96. The molecule has 1 aromatic carbocycles. The van der Waals surface area contributed by atoms with Crippen molar-refractivity contribution >= 4 is 34.1 Å². The minimum absolute atomic E-state index is 0.165. The molecule has 0 atom stereocenters. The highest BCUT2D eigenvalue weighted by molar-refractivity contribution is 6.33. The first-order valence-corrected chi connectivity index (χ1v) is 6.65. The molecule has 0 saturated carbocycles. The van der Waals surface area contributed by atoms with Crippen LogP contribution in [0.2, 0.25) is 5.02 Å². The first-order chi connectivity index (χ1) is 10.5. The maximum absolute atomic E-state index is 11.2. The van der Waals surface area contributed by atoms with Gasteiger partial charge in [0.25, 0.3) is 5.69 Å². The van der Waals surface area contributed by atoms with Crippen LogP contribution in [-0.4, -0.2) is 19.9 Å². The predicted octanol–water partition coefficient (Wildman–Crippen LogP) is 2.42. The van der Waals surface area contributed by atoms with Crippen molar-refractivity contribution in [2.75, 3.05) is 5.32 Å². The third-order valence-electron chi connectivity index (χ3n) is 3.08. The first kappa shape index (κ1) is 14.1. The van der Waals surface area contributed by atoms with Crippen molar-refractivity contribution in [1.29, 1.82) is 0 Å². The Morgan fingerprint density at radius 3 is 2.77 bits per heavy atom. The van der Waals surface area contributed by atoms with E-state index in [1.54, 1.807) is 6.07 Å². The van der Waals surface area contributed by atoms with Crippen LogP contribution in [0.4, 0.5) is 11.5 Å². The molecule has 0 aliphatic rings. The Labute approximate surface area is 128 Å². The van der Waals surface area contributed by atoms with E-state index in [4.69, 9.17) is 11.6 Å². The van der Waals surface area contributed by atoms with Gasteiger partial charge in [0.2, 0.25) is 0 Å². The molecule has 9 heteroatoms. The zero-order chi connectivity index (χ0) is 15.7. The van der Waals surface area contributed by atoms with Gasteiger partial charge in [0, 0.05) is 12.6 Å². The number of rotatable bonds is 4. The number of halogens is 1. The molecule has 2 aromatic heterocycles. The van der Waals surface area contributed by atoms with Crippen LogP contribution < -0.4 is 11.0 Å². The van der Waals surface area contributed by atoms with Gasteiger partial charge < -0.3 is 15.3 Å². The molecule has 0 amide bonds. The van der Waals surface area contributed by atoms with E-state index in [9.17, 15) is 14.9 Å². The highest BCUT2D eigenvalue weighted by Crippen LogP contribution is 2.24. The number of hydrogen-bond donors (Lipinski definition) is 3. The quantitative estimate of drug-likeness (QED) is 0.504. The van der Waals surface area contributed by atoms with E-state index >= 15 is 0 Å². The molecular weight excluding hydrogens is 310 g/mol. The van der Waals surface area contributed by atoms with E-state index in [0.29, 0.717) is 17.9 Å². The molecule has 3 aromatic rings. The molecule has 0 aliphatic heterocycles. The number of pyridine rings is 1. The van der Waals surface area contributed by atoms with Gasteiger partial charge >= 0.3 is 5.69 Å². The SMILES string of the molecule is O=c1[nH]c2ccc(CNc3ncc([N+](=O)[O-])cc3Cl)cc2[nH]1. The third-order valence-corrected chi connectivity index (χ3v) is 3.37. The summed E-state index contributed by atoms with van der Waals surface area (Å²) in [6.45, 7) is 0.410. The summed E-state index contributed by atoms with van der Waals surface area (Å²) in [4.78, 5) is 30.5. The van der Waals surface area contributed by atoms with Crippen LogP contribution in [0.25, 0.3) is 11.0 Å². The Balaban J connectivity index is 1.78. The molecule has 0 saturated heterocycles. The number of nitrogens with one attached hydrogen (secondary N) is 3. The van der Waals surface area contributed by atoms with Crippen LogP contribution in [0.5, 0.6) is 0 Å². The number of aromatic nitrogens is 3. The number of hydrogen-bond acceptors (Lipinski definition) is 5. The second kappa shape index (κ2) is 5.49. The van der Waals surface area contributed by atoms with Crippen molar-refractivity contribution in [3.8, 4) is 0 Å². The summed E-state index contributed by atoms with van der Waals surface area (Å²) in [7, 11) is 0. The summed E-state index contributed by atoms with van der Waals surface area (Å²) < 4.78 is 0. The minimum Gasteiger partial charge on any atom is -0.365 e. The van der Waals surface area contributed by atoms with E-state index in [2.05, 4.69) is 20.3 Å². The minimum atomic E-state index is -0.557. The van der Waals surface area contributed by atoms with Gasteiger partial charge in [-0.05, 0) is 17.7 Å². The normalized spacial score (nSPS) is 10.8. The van der Waals surface area contributed by atoms with Gasteiger partial charge in [-0.25, -0.2) is 9.78 Å². The number of nitrogens with zero attached hydrogens (tertiary/aromatic N) is 2. The number of benzene rings is 1. The van der Waals surface area contributed by atoms with Gasteiger partial charge in [0.15, 0.2) is 0 Å². The number of nitro groups is 1. The lowest BCUT2D eigenvalue weighted by molar-refractivity contribution is -0.385. The summed E-state index contributed by atoms with van der Waals surface area (Å²) in [6, 6.07) is 6.69. The fourth-order valence-corrected chi connectivity index (χ4v) is 2.26. The Morgan fingerprint density at radius 2 is 2.05 bits per heavy atom. The lowest BCUT2D eigenvalue weighted by Gasteiger charge is -2.07. The highest BCUT2D eigenvalue weighted by Gasteiger charge is 2.10. The van der Waals surface area contributed by atoms with Crippen LogP contribution >= 0.6 is 11.6 Å². The number of fused-ring (bicyclic) bond motifs is 1. The van der Waals surface area contributed by atoms with Gasteiger partial charge in [-0.15, -0.1) is 0 Å². The van der Waals surface area contributed by atoms with E-state index in [0.717, 1.165) is 17.3 Å². The molecule has 2 heterocycles. The molecule has 0 bridgehead atoms. The summed E-state index contributed by atoms with van der Waals surface area (Å²) in [6.07, 6.45) is 1.14. The van der Waals surface area contributed by atoms with E-state index in [-0.39, 0.29) is 16.4 Å². The van der Waals surface area contributed by atoms with Crippen molar-refractivity contribution < 1.29 is 4.92 Å². The first-order valence-electron chi connectivity index (χ1n) is 6.27. The standard InChI is InChI=1S/C13H10ClN5O3/c14-9-4-8(19(21)22)6-16-12(9)15-5-7-1-2-10-11(3-7)18-13(20)17-10/h1-4,6H,5H2,(H,15,16)(H2,17,18,20). The average Bonchev–Trinajstić information content (AvgIpc) is 2.85. The lowest BCUT2D eigenvalue weighted by Crippen LogP contribution is -2.02. The zero-order valence-electron chi connectivity index (χ0n) is 11.1. The average molecular weight is 320 g/mol. The number of aromatic amines is 2. The van der Waals surface area contributed by atoms with Crippen LogP contribution in [-0.2, 0) is 6.54 Å². The van der Waals surface area contributed by atoms with Crippen molar-refractivity contribution in [2.24, 2.45) is 0 Å². The molecule has 112 valence electrons. The maximum Gasteiger partial charge on any atom is 0.323 e. The van der Waals surface area contributed by atoms with E-state index < -0.39 is 4.92 Å². The molecule has 0 radical (unpaired) electrons. The van der Waals surface area contributed by atoms with Crippen molar-refractivity contribution in [1.82, 2.24) is 15.0 Å². The number of anilines is 1.